The molecule has 0 radical (unpaired) electrons. The molecule has 3 nitrogen and oxygen atoms in total. The van der Waals surface area contributed by atoms with Crippen LogP contribution in [0.3, 0.4) is 0 Å². The fraction of sp³-hybridized carbons (Fsp3) is 0.400. The smallest absolute Gasteiger partial charge is 0.507 e. The summed E-state index contributed by atoms with van der Waals surface area (Å²) < 4.78 is 35.5. The molecule has 0 aliphatic heterocycles. The van der Waals surface area contributed by atoms with Gasteiger partial charge in [0.15, 0.2) is 17.4 Å². The van der Waals surface area contributed by atoms with E-state index in [1.54, 1.807) is 0 Å². The minimum absolute atomic E-state index is 0.272. The van der Waals surface area contributed by atoms with Gasteiger partial charge < -0.3 is 14.3 Å². The van der Waals surface area contributed by atoms with E-state index in [9.17, 15) is 13.8 Å². The Balaban J connectivity index is 2.52. The Morgan fingerprint density at radius 3 is 2.50 bits per heavy atom. The number of hydrogen-bond donors (Lipinski definition) is 1. The molecule has 0 aliphatic rings. The lowest BCUT2D eigenvalue weighted by Crippen LogP contribution is -2.27. The largest absolute Gasteiger partial charge is 0.710 e. The van der Waals surface area contributed by atoms with Gasteiger partial charge in [0.05, 0.1) is 0 Å². The van der Waals surface area contributed by atoms with Crippen molar-refractivity contribution in [2.45, 2.75) is 19.8 Å². The van der Waals surface area contributed by atoms with Crippen molar-refractivity contribution in [3.05, 3.63) is 29.8 Å². The van der Waals surface area contributed by atoms with E-state index in [2.05, 4.69) is 4.65 Å². The van der Waals surface area contributed by atoms with Crippen molar-refractivity contribution in [3.8, 4) is 5.75 Å². The number of para-hydroxylation sites is 1. The molecule has 0 bridgehead atoms. The normalized spacial score (nSPS) is 10.2. The van der Waals surface area contributed by atoms with E-state index in [1.165, 1.54) is 6.07 Å². The van der Waals surface area contributed by atoms with E-state index in [0.717, 1.165) is 25.0 Å². The molecule has 1 rings (SSSR count). The third-order valence-electron chi connectivity index (χ3n) is 1.90. The van der Waals surface area contributed by atoms with Crippen LogP contribution < -0.4 is 4.65 Å². The number of hydrogen-bond acceptors (Lipinski definition) is 3. The Bertz CT molecular complexity index is 316. The number of rotatable bonds is 6. The fourth-order valence-electron chi connectivity index (χ4n) is 1.06. The van der Waals surface area contributed by atoms with E-state index in [0.29, 0.717) is 0 Å². The lowest BCUT2D eigenvalue weighted by molar-refractivity contribution is 0.185. The first kappa shape index (κ1) is 12.9. The summed E-state index contributed by atoms with van der Waals surface area (Å²) in [5, 5.41) is 9.20. The van der Waals surface area contributed by atoms with Gasteiger partial charge in [0.25, 0.3) is 0 Å². The van der Waals surface area contributed by atoms with Gasteiger partial charge in [0.2, 0.25) is 0 Å². The summed E-state index contributed by atoms with van der Waals surface area (Å²) in [6, 6.07) is 3.29. The Hall–Kier alpha value is -1.14. The van der Waals surface area contributed by atoms with Gasteiger partial charge in [0.1, 0.15) is 0 Å². The second kappa shape index (κ2) is 6.45. The quantitative estimate of drug-likeness (QED) is 0.600. The number of unbranched alkanes of at least 4 members (excludes halogenated alkanes) is 1. The zero-order valence-corrected chi connectivity index (χ0v) is 8.95. The van der Waals surface area contributed by atoms with Crippen molar-refractivity contribution < 1.29 is 23.1 Å². The zero-order valence-electron chi connectivity index (χ0n) is 8.95. The zero-order chi connectivity index (χ0) is 12.0. The molecular formula is C10H13BF2O3. The molecule has 16 heavy (non-hydrogen) atoms. The molecule has 0 unspecified atom stereocenters. The first-order chi connectivity index (χ1) is 7.65. The molecule has 6 heteroatoms. The topological polar surface area (TPSA) is 38.7 Å². The van der Waals surface area contributed by atoms with Gasteiger partial charge in [-0.25, -0.2) is 8.78 Å². The van der Waals surface area contributed by atoms with Crippen LogP contribution in [0.15, 0.2) is 18.2 Å². The second-order valence-corrected chi connectivity index (χ2v) is 3.20. The van der Waals surface area contributed by atoms with Crippen LogP contribution in [0.25, 0.3) is 0 Å². The van der Waals surface area contributed by atoms with Crippen molar-refractivity contribution in [1.82, 2.24) is 0 Å². The highest BCUT2D eigenvalue weighted by Crippen LogP contribution is 2.21. The van der Waals surface area contributed by atoms with Gasteiger partial charge in [-0.3, -0.25) is 0 Å². The Kier molecular flexibility index (Phi) is 5.21. The molecule has 0 amide bonds. The van der Waals surface area contributed by atoms with Gasteiger partial charge in [0, 0.05) is 6.61 Å². The monoisotopic (exact) mass is 230 g/mol. The Morgan fingerprint density at radius 2 is 1.94 bits per heavy atom. The first-order valence-electron chi connectivity index (χ1n) is 5.05. The third-order valence-corrected chi connectivity index (χ3v) is 1.90. The van der Waals surface area contributed by atoms with Crippen molar-refractivity contribution >= 4 is 7.32 Å². The lowest BCUT2D eigenvalue weighted by Gasteiger charge is -2.10. The van der Waals surface area contributed by atoms with E-state index in [-0.39, 0.29) is 6.61 Å². The fourth-order valence-corrected chi connectivity index (χ4v) is 1.06. The molecule has 1 aromatic rings. The summed E-state index contributed by atoms with van der Waals surface area (Å²) in [6.07, 6.45) is 1.63. The number of halogens is 2. The summed E-state index contributed by atoms with van der Waals surface area (Å²) >= 11 is 0. The molecular weight excluding hydrogens is 217 g/mol. The highest BCUT2D eigenvalue weighted by molar-refractivity contribution is 6.35. The Morgan fingerprint density at radius 1 is 1.31 bits per heavy atom. The van der Waals surface area contributed by atoms with E-state index in [1.807, 2.05) is 6.92 Å². The van der Waals surface area contributed by atoms with Crippen LogP contribution in [0.5, 0.6) is 5.75 Å². The average molecular weight is 230 g/mol. The van der Waals surface area contributed by atoms with E-state index >= 15 is 0 Å². The third kappa shape index (κ3) is 3.79. The van der Waals surface area contributed by atoms with E-state index < -0.39 is 24.7 Å². The van der Waals surface area contributed by atoms with Gasteiger partial charge in [-0.1, -0.05) is 19.4 Å². The lowest BCUT2D eigenvalue weighted by atomic mass is 10.2. The SMILES string of the molecule is CCCCOB(O)Oc1c(F)cccc1F. The summed E-state index contributed by atoms with van der Waals surface area (Å²) in [6.45, 7) is 2.22. The van der Waals surface area contributed by atoms with Gasteiger partial charge in [-0.05, 0) is 18.6 Å². The van der Waals surface area contributed by atoms with Crippen LogP contribution in [0.2, 0.25) is 0 Å². The molecule has 0 aliphatic carbocycles. The van der Waals surface area contributed by atoms with Crippen LogP contribution in [0, 0.1) is 11.6 Å². The summed E-state index contributed by atoms with van der Waals surface area (Å²) in [7, 11) is -1.65. The molecule has 0 saturated carbocycles. The second-order valence-electron chi connectivity index (χ2n) is 3.20. The standard InChI is InChI=1S/C10H13BF2O3/c1-2-3-7-15-11(14)16-10-8(12)5-4-6-9(10)13/h4-6,14H,2-3,7H2,1H3. The molecule has 0 atom stereocenters. The highest BCUT2D eigenvalue weighted by Gasteiger charge is 2.22. The van der Waals surface area contributed by atoms with Gasteiger partial charge in [-0.15, -0.1) is 0 Å². The van der Waals surface area contributed by atoms with Crippen LogP contribution in [-0.4, -0.2) is 19.0 Å². The Labute approximate surface area is 93.2 Å². The molecule has 88 valence electrons. The summed E-state index contributed by atoms with van der Waals surface area (Å²) in [4.78, 5) is 0. The minimum atomic E-state index is -1.65. The molecule has 1 aromatic carbocycles. The van der Waals surface area contributed by atoms with Crippen LogP contribution in [-0.2, 0) is 4.65 Å². The van der Waals surface area contributed by atoms with Crippen molar-refractivity contribution in [2.75, 3.05) is 6.61 Å². The molecule has 0 aromatic heterocycles. The predicted octanol–water partition coefficient (Wildman–Crippen LogP) is 2.14. The van der Waals surface area contributed by atoms with Crippen LogP contribution in [0.4, 0.5) is 8.78 Å². The van der Waals surface area contributed by atoms with Gasteiger partial charge in [-0.2, -0.15) is 0 Å². The van der Waals surface area contributed by atoms with Gasteiger partial charge >= 0.3 is 7.32 Å². The van der Waals surface area contributed by atoms with E-state index in [4.69, 9.17) is 4.65 Å². The first-order valence-corrected chi connectivity index (χ1v) is 5.05. The maximum atomic E-state index is 13.1. The van der Waals surface area contributed by atoms with Crippen molar-refractivity contribution in [3.63, 3.8) is 0 Å². The number of benzene rings is 1. The minimum Gasteiger partial charge on any atom is -0.507 e. The van der Waals surface area contributed by atoms with Crippen LogP contribution in [0.1, 0.15) is 19.8 Å². The van der Waals surface area contributed by atoms with Crippen LogP contribution >= 0.6 is 0 Å². The molecule has 1 N–H and O–H groups in total. The molecule has 0 saturated heterocycles. The van der Waals surface area contributed by atoms with Crippen molar-refractivity contribution in [1.29, 1.82) is 0 Å². The summed E-state index contributed by atoms with van der Waals surface area (Å²) in [5.41, 5.74) is 0. The average Bonchev–Trinajstić information content (AvgIpc) is 2.24. The molecule has 0 fully saturated rings. The maximum Gasteiger partial charge on any atom is 0.710 e. The van der Waals surface area contributed by atoms with Crippen molar-refractivity contribution in [2.24, 2.45) is 0 Å². The maximum absolute atomic E-state index is 13.1. The molecule has 0 spiro atoms. The molecule has 0 heterocycles. The summed E-state index contributed by atoms with van der Waals surface area (Å²) in [5.74, 6) is -2.39. The predicted molar refractivity (Wildman–Crippen MR) is 55.8 cm³/mol. The highest BCUT2D eigenvalue weighted by atomic mass is 19.1.